The van der Waals surface area contributed by atoms with Gasteiger partial charge in [-0.05, 0) is 87.3 Å². The van der Waals surface area contributed by atoms with Gasteiger partial charge in [0.2, 0.25) is 0 Å². The van der Waals surface area contributed by atoms with Gasteiger partial charge in [-0.15, -0.1) is 19.2 Å². The highest BCUT2D eigenvalue weighted by atomic mass is 32.1. The molecule has 0 amide bonds. The molecule has 0 saturated heterocycles. The minimum atomic E-state index is 0.721. The van der Waals surface area contributed by atoms with Gasteiger partial charge in [-0.2, -0.15) is 0 Å². The third-order valence-corrected chi connectivity index (χ3v) is 3.59. The highest BCUT2D eigenvalue weighted by Gasteiger charge is 1.94. The van der Waals surface area contributed by atoms with Gasteiger partial charge in [0, 0.05) is 0 Å². The first-order valence-corrected chi connectivity index (χ1v) is 10.1. The van der Waals surface area contributed by atoms with E-state index in [4.69, 9.17) is 0 Å². The van der Waals surface area contributed by atoms with Crippen molar-refractivity contribution >= 4 is 12.6 Å². The maximum Gasteiger partial charge on any atom is -0.00318 e. The molecule has 0 nitrogen and oxygen atoms in total. The summed E-state index contributed by atoms with van der Waals surface area (Å²) in [6.45, 7) is 33.5. The molecular formula is C27H42S. The summed E-state index contributed by atoms with van der Waals surface area (Å²) in [7, 11) is 0. The molecule has 1 heteroatoms. The molecule has 0 N–H and O–H groups in total. The topological polar surface area (TPSA) is 0 Å². The molecule has 0 aromatic rings. The quantitative estimate of drug-likeness (QED) is 0.246. The second-order valence-electron chi connectivity index (χ2n) is 6.74. The Morgan fingerprint density at radius 3 is 1.21 bits per heavy atom. The molecule has 28 heavy (non-hydrogen) atoms. The van der Waals surface area contributed by atoms with E-state index in [1.54, 1.807) is 0 Å². The molecule has 0 aliphatic heterocycles. The lowest BCUT2D eigenvalue weighted by atomic mass is 10.0. The zero-order valence-corrected chi connectivity index (χ0v) is 20.6. The highest BCUT2D eigenvalue weighted by Crippen LogP contribution is 2.15. The number of hydrogen-bond acceptors (Lipinski definition) is 1. The predicted octanol–water partition coefficient (Wildman–Crippen LogP) is 9.51. The molecule has 0 radical (unpaired) electrons. The molecule has 0 saturated carbocycles. The summed E-state index contributed by atoms with van der Waals surface area (Å²) in [4.78, 5) is 0.721. The summed E-state index contributed by atoms with van der Waals surface area (Å²) in [6.07, 6.45) is 12.2. The molecule has 0 unspecified atom stereocenters. The van der Waals surface area contributed by atoms with Gasteiger partial charge in [-0.25, -0.2) is 0 Å². The number of hydrogen-bond donors (Lipinski definition) is 1. The summed E-state index contributed by atoms with van der Waals surface area (Å²) >= 11 is 4.13. The summed E-state index contributed by atoms with van der Waals surface area (Å²) < 4.78 is 0. The van der Waals surface area contributed by atoms with Gasteiger partial charge in [0.15, 0.2) is 0 Å². The molecule has 0 bridgehead atoms. The van der Waals surface area contributed by atoms with Crippen molar-refractivity contribution in [1.82, 2.24) is 0 Å². The standard InChI is InChI=1S/C21H28S.C4H8.C2H6/c1-15(2)16(3)9-10-17(4)18(5)11-12-19(6)20(7)13-14-21(8)22;1-4(2)3;1-2/h9-14,22H,1,7-8H2,2-6H3;1H2,2-3H3;1-2H3/b14-13-,16-9+,17-10+,18-11+,19-12+;;. The molecule has 156 valence electrons. The van der Waals surface area contributed by atoms with Crippen molar-refractivity contribution in [3.05, 3.63) is 107 Å². The molecule has 0 atom stereocenters. The lowest BCUT2D eigenvalue weighted by molar-refractivity contribution is 1.32. The Morgan fingerprint density at radius 1 is 0.571 bits per heavy atom. The van der Waals surface area contributed by atoms with Crippen LogP contribution in [0.5, 0.6) is 0 Å². The van der Waals surface area contributed by atoms with Crippen LogP contribution in [0.25, 0.3) is 0 Å². The van der Waals surface area contributed by atoms with Crippen LogP contribution in [0.1, 0.15) is 62.3 Å². The molecule has 0 rings (SSSR count). The fourth-order valence-electron chi connectivity index (χ4n) is 1.34. The Kier molecular flexibility index (Phi) is 20.2. The van der Waals surface area contributed by atoms with Crippen molar-refractivity contribution in [2.75, 3.05) is 0 Å². The van der Waals surface area contributed by atoms with E-state index in [1.807, 2.05) is 53.7 Å². The van der Waals surface area contributed by atoms with E-state index in [-0.39, 0.29) is 0 Å². The molecule has 0 heterocycles. The molecule has 0 aliphatic carbocycles. The smallest absolute Gasteiger partial charge is 0.00318 e. The Hall–Kier alpha value is -1.99. The summed E-state index contributed by atoms with van der Waals surface area (Å²) in [5.74, 6) is 0. The Balaban J connectivity index is -0.000000916. The first-order chi connectivity index (χ1) is 12.9. The third-order valence-electron chi connectivity index (χ3n) is 3.45. The van der Waals surface area contributed by atoms with Gasteiger partial charge in [-0.3, -0.25) is 0 Å². The summed E-state index contributed by atoms with van der Waals surface area (Å²) in [5, 5.41) is 0. The monoisotopic (exact) mass is 398 g/mol. The van der Waals surface area contributed by atoms with Crippen LogP contribution in [-0.2, 0) is 0 Å². The van der Waals surface area contributed by atoms with Crippen LogP contribution < -0.4 is 0 Å². The number of allylic oxidation sites excluding steroid dienone is 13. The molecule has 0 aliphatic rings. The number of rotatable bonds is 7. The van der Waals surface area contributed by atoms with E-state index in [0.29, 0.717) is 0 Å². The molecular weight excluding hydrogens is 356 g/mol. The zero-order valence-electron chi connectivity index (χ0n) is 19.7. The Bertz CT molecular complexity index is 682. The average Bonchev–Trinajstić information content (AvgIpc) is 2.62. The van der Waals surface area contributed by atoms with Crippen molar-refractivity contribution in [2.45, 2.75) is 62.3 Å². The lowest BCUT2D eigenvalue weighted by Gasteiger charge is -2.02. The maximum atomic E-state index is 4.13. The van der Waals surface area contributed by atoms with Crippen LogP contribution in [0.2, 0.25) is 0 Å². The van der Waals surface area contributed by atoms with Crippen molar-refractivity contribution in [3.8, 4) is 0 Å². The normalized spacial score (nSPS) is 12.5. The minimum Gasteiger partial charge on any atom is -0.144 e. The molecule has 0 aromatic carbocycles. The van der Waals surface area contributed by atoms with Crippen LogP contribution in [-0.4, -0.2) is 0 Å². The predicted molar refractivity (Wildman–Crippen MR) is 138 cm³/mol. The van der Waals surface area contributed by atoms with E-state index in [0.717, 1.165) is 21.6 Å². The van der Waals surface area contributed by atoms with Crippen molar-refractivity contribution in [2.24, 2.45) is 0 Å². The van der Waals surface area contributed by atoms with E-state index < -0.39 is 0 Å². The van der Waals surface area contributed by atoms with Gasteiger partial charge >= 0.3 is 0 Å². The van der Waals surface area contributed by atoms with Gasteiger partial charge in [0.25, 0.3) is 0 Å². The average molecular weight is 399 g/mol. The fraction of sp³-hybridized carbons (Fsp3) is 0.333. The van der Waals surface area contributed by atoms with Crippen LogP contribution in [0.4, 0.5) is 0 Å². The Labute approximate surface area is 181 Å². The Morgan fingerprint density at radius 2 is 0.893 bits per heavy atom. The molecule has 0 spiro atoms. The maximum absolute atomic E-state index is 4.13. The van der Waals surface area contributed by atoms with Crippen molar-refractivity contribution < 1.29 is 0 Å². The summed E-state index contributed by atoms with van der Waals surface area (Å²) in [5.41, 5.74) is 7.99. The van der Waals surface area contributed by atoms with Gasteiger partial charge in [0.05, 0.1) is 0 Å². The van der Waals surface area contributed by atoms with Gasteiger partial charge in [-0.1, -0.05) is 75.1 Å². The minimum absolute atomic E-state index is 0.721. The SMILES string of the molecule is C=C(C)C.C=C(S)/C=C\C(=C)/C(C)=C/C=C(C)/C(C)=C/C=C(\C)C(=C)C.CC. The fourth-order valence-corrected chi connectivity index (χ4v) is 1.41. The van der Waals surface area contributed by atoms with Crippen LogP contribution in [0.15, 0.2) is 107 Å². The van der Waals surface area contributed by atoms with Crippen LogP contribution in [0.3, 0.4) is 0 Å². The largest absolute Gasteiger partial charge is 0.144 e. The molecule has 0 fully saturated rings. The van der Waals surface area contributed by atoms with Crippen molar-refractivity contribution in [3.63, 3.8) is 0 Å². The van der Waals surface area contributed by atoms with Crippen molar-refractivity contribution in [1.29, 1.82) is 0 Å². The first kappa shape index (κ1) is 30.7. The zero-order chi connectivity index (χ0) is 22.9. The molecule has 0 aromatic heterocycles. The third kappa shape index (κ3) is 20.3. The second-order valence-corrected chi connectivity index (χ2v) is 7.31. The lowest BCUT2D eigenvalue weighted by Crippen LogP contribution is -1.82. The van der Waals surface area contributed by atoms with Gasteiger partial charge in [0.1, 0.15) is 0 Å². The van der Waals surface area contributed by atoms with E-state index in [9.17, 15) is 0 Å². The van der Waals surface area contributed by atoms with Crippen LogP contribution >= 0.6 is 12.6 Å². The van der Waals surface area contributed by atoms with Crippen LogP contribution in [0, 0.1) is 0 Å². The van der Waals surface area contributed by atoms with E-state index >= 15 is 0 Å². The number of thiol groups is 1. The van der Waals surface area contributed by atoms with E-state index in [2.05, 4.69) is 84.0 Å². The van der Waals surface area contributed by atoms with Gasteiger partial charge < -0.3 is 0 Å². The highest BCUT2D eigenvalue weighted by molar-refractivity contribution is 7.84. The first-order valence-electron chi connectivity index (χ1n) is 9.62. The second kappa shape index (κ2) is 18.4. The summed E-state index contributed by atoms with van der Waals surface area (Å²) in [6, 6.07) is 0. The van der Waals surface area contributed by atoms with E-state index in [1.165, 1.54) is 22.3 Å².